The number of hydrogen-bond donors (Lipinski definition) is 2. The third-order valence-corrected chi connectivity index (χ3v) is 5.63. The molecule has 0 spiro atoms. The molecule has 1 amide bonds. The first-order chi connectivity index (χ1) is 11.9. The monoisotopic (exact) mass is 347 g/mol. The predicted molar refractivity (Wildman–Crippen MR) is 95.8 cm³/mol. The molecule has 0 radical (unpaired) electrons. The Bertz CT molecular complexity index is 657. The van der Waals surface area contributed by atoms with Crippen LogP contribution < -0.4 is 5.32 Å². The van der Waals surface area contributed by atoms with Gasteiger partial charge in [-0.2, -0.15) is 0 Å². The number of hydrogen-bond acceptors (Lipinski definition) is 3. The summed E-state index contributed by atoms with van der Waals surface area (Å²) in [5.74, 6) is -0.101. The van der Waals surface area contributed by atoms with Crippen molar-refractivity contribution in [3.8, 4) is 0 Å². The number of amides is 1. The molecule has 2 aliphatic rings. The van der Waals surface area contributed by atoms with Gasteiger partial charge in [0.15, 0.2) is 0 Å². The molecule has 0 aliphatic heterocycles. The molecule has 6 nitrogen and oxygen atoms in total. The van der Waals surface area contributed by atoms with Gasteiger partial charge >= 0.3 is 5.97 Å². The lowest BCUT2D eigenvalue weighted by atomic mass is 9.85. The molecule has 0 unspecified atom stereocenters. The molecule has 0 saturated heterocycles. The summed E-state index contributed by atoms with van der Waals surface area (Å²) < 4.78 is 2.14. The summed E-state index contributed by atoms with van der Waals surface area (Å²) in [6, 6.07) is 2.39. The Morgan fingerprint density at radius 3 is 2.52 bits per heavy atom. The van der Waals surface area contributed by atoms with Crippen LogP contribution in [-0.4, -0.2) is 51.6 Å². The van der Waals surface area contributed by atoms with Gasteiger partial charge in [-0.05, 0) is 58.4 Å². The SMILES string of the molecule is CCn1c(C)cc(C(=O)NC2CC(N(CC(=O)O)CC3CC3)C2)c1C. The lowest BCUT2D eigenvalue weighted by Crippen LogP contribution is -2.55. The molecule has 3 rings (SSSR count). The molecule has 6 heteroatoms. The highest BCUT2D eigenvalue weighted by molar-refractivity contribution is 5.96. The number of carboxylic acids is 1. The Morgan fingerprint density at radius 1 is 1.32 bits per heavy atom. The average molecular weight is 347 g/mol. The van der Waals surface area contributed by atoms with Crippen molar-refractivity contribution in [1.82, 2.24) is 14.8 Å². The van der Waals surface area contributed by atoms with Crippen molar-refractivity contribution < 1.29 is 14.7 Å². The van der Waals surface area contributed by atoms with Crippen LogP contribution in [0.1, 0.15) is 54.4 Å². The van der Waals surface area contributed by atoms with Crippen molar-refractivity contribution in [2.75, 3.05) is 13.1 Å². The third kappa shape index (κ3) is 4.06. The van der Waals surface area contributed by atoms with Crippen LogP contribution in [0.3, 0.4) is 0 Å². The fourth-order valence-corrected chi connectivity index (χ4v) is 3.93. The second-order valence-corrected chi connectivity index (χ2v) is 7.59. The van der Waals surface area contributed by atoms with Crippen LogP contribution in [-0.2, 0) is 11.3 Å². The van der Waals surface area contributed by atoms with Crippen molar-refractivity contribution in [1.29, 1.82) is 0 Å². The van der Waals surface area contributed by atoms with Gasteiger partial charge < -0.3 is 15.0 Å². The first-order valence-electron chi connectivity index (χ1n) is 9.32. The number of carboxylic acid groups (broad SMARTS) is 1. The molecule has 0 atom stereocenters. The van der Waals surface area contributed by atoms with Crippen molar-refractivity contribution in [2.45, 2.75) is 65.1 Å². The van der Waals surface area contributed by atoms with Gasteiger partial charge in [0.2, 0.25) is 0 Å². The van der Waals surface area contributed by atoms with Gasteiger partial charge in [-0.1, -0.05) is 0 Å². The zero-order valence-electron chi connectivity index (χ0n) is 15.4. The van der Waals surface area contributed by atoms with Crippen LogP contribution in [0, 0.1) is 19.8 Å². The van der Waals surface area contributed by atoms with Gasteiger partial charge in [0.25, 0.3) is 5.91 Å². The summed E-state index contributed by atoms with van der Waals surface area (Å²) >= 11 is 0. The highest BCUT2D eigenvalue weighted by Crippen LogP contribution is 2.34. The normalized spacial score (nSPS) is 22.7. The summed E-state index contributed by atoms with van der Waals surface area (Å²) in [4.78, 5) is 25.7. The van der Waals surface area contributed by atoms with E-state index in [4.69, 9.17) is 5.11 Å². The topological polar surface area (TPSA) is 74.6 Å². The second-order valence-electron chi connectivity index (χ2n) is 7.59. The van der Waals surface area contributed by atoms with Crippen LogP contribution in [0.4, 0.5) is 0 Å². The van der Waals surface area contributed by atoms with Gasteiger partial charge in [-0.3, -0.25) is 14.5 Å². The molecule has 1 aromatic rings. The molecule has 138 valence electrons. The van der Waals surface area contributed by atoms with E-state index in [1.54, 1.807) is 0 Å². The van der Waals surface area contributed by atoms with Crippen LogP contribution >= 0.6 is 0 Å². The fraction of sp³-hybridized carbons (Fsp3) is 0.684. The van der Waals surface area contributed by atoms with Gasteiger partial charge in [0.1, 0.15) is 0 Å². The number of nitrogens with one attached hydrogen (secondary N) is 1. The van der Waals surface area contributed by atoms with Crippen molar-refractivity contribution in [3.05, 3.63) is 23.0 Å². The van der Waals surface area contributed by atoms with Crippen LogP contribution in [0.2, 0.25) is 0 Å². The van der Waals surface area contributed by atoms with Gasteiger partial charge in [-0.25, -0.2) is 0 Å². The minimum Gasteiger partial charge on any atom is -0.480 e. The standard InChI is InChI=1S/C19H29N3O3/c1-4-22-12(2)7-17(13(22)3)19(25)20-15-8-16(9-15)21(11-18(23)24)10-14-5-6-14/h7,14-16H,4-6,8-11H2,1-3H3,(H,20,25)(H,23,24). The summed E-state index contributed by atoms with van der Waals surface area (Å²) in [7, 11) is 0. The minimum atomic E-state index is -0.764. The smallest absolute Gasteiger partial charge is 0.317 e. The van der Waals surface area contributed by atoms with Crippen LogP contribution in [0.25, 0.3) is 0 Å². The van der Waals surface area contributed by atoms with Crippen molar-refractivity contribution in [2.24, 2.45) is 5.92 Å². The highest BCUT2D eigenvalue weighted by Gasteiger charge is 2.38. The summed E-state index contributed by atoms with van der Waals surface area (Å²) in [6.07, 6.45) is 4.13. The number of aromatic nitrogens is 1. The molecule has 0 aromatic carbocycles. The lowest BCUT2D eigenvalue weighted by Gasteiger charge is -2.42. The number of aryl methyl sites for hydroxylation is 1. The Labute approximate surface area is 149 Å². The van der Waals surface area contributed by atoms with Crippen LogP contribution in [0.5, 0.6) is 0 Å². The molecular formula is C19H29N3O3. The molecule has 2 N–H and O–H groups in total. The average Bonchev–Trinajstić information content (AvgIpc) is 3.26. The van der Waals surface area contributed by atoms with Crippen molar-refractivity contribution in [3.63, 3.8) is 0 Å². The van der Waals surface area contributed by atoms with Crippen molar-refractivity contribution >= 4 is 11.9 Å². The first-order valence-corrected chi connectivity index (χ1v) is 9.32. The summed E-state index contributed by atoms with van der Waals surface area (Å²) in [5.41, 5.74) is 2.87. The van der Waals surface area contributed by atoms with E-state index < -0.39 is 5.97 Å². The first kappa shape index (κ1) is 18.0. The maximum absolute atomic E-state index is 12.6. The number of carbonyl (C=O) groups excluding carboxylic acids is 1. The minimum absolute atomic E-state index is 0.0109. The van der Waals surface area contributed by atoms with E-state index in [2.05, 4.69) is 21.7 Å². The highest BCUT2D eigenvalue weighted by atomic mass is 16.4. The molecule has 0 bridgehead atoms. The molecule has 25 heavy (non-hydrogen) atoms. The summed E-state index contributed by atoms with van der Waals surface area (Å²) in [5, 5.41) is 12.2. The maximum atomic E-state index is 12.6. The van der Waals surface area contributed by atoms with Gasteiger partial charge in [0, 0.05) is 36.6 Å². The molecule has 2 aliphatic carbocycles. The van der Waals surface area contributed by atoms with E-state index in [-0.39, 0.29) is 24.5 Å². The van der Waals surface area contributed by atoms with Gasteiger partial charge in [-0.15, -0.1) is 0 Å². The lowest BCUT2D eigenvalue weighted by molar-refractivity contribution is -0.139. The molecule has 1 aromatic heterocycles. The quantitative estimate of drug-likeness (QED) is 0.756. The number of nitrogens with zero attached hydrogens (tertiary/aromatic N) is 2. The zero-order chi connectivity index (χ0) is 18.1. The van der Waals surface area contributed by atoms with E-state index in [1.807, 2.05) is 19.9 Å². The number of aliphatic carboxylic acids is 1. The molecular weight excluding hydrogens is 318 g/mol. The third-order valence-electron chi connectivity index (χ3n) is 5.63. The van der Waals surface area contributed by atoms with Gasteiger partial charge in [0.05, 0.1) is 12.1 Å². The largest absolute Gasteiger partial charge is 0.480 e. The van der Waals surface area contributed by atoms with Crippen LogP contribution in [0.15, 0.2) is 6.07 Å². The van der Waals surface area contributed by atoms with E-state index in [0.29, 0.717) is 5.92 Å². The Balaban J connectivity index is 1.53. The molecule has 2 saturated carbocycles. The van der Waals surface area contributed by atoms with E-state index in [9.17, 15) is 9.59 Å². The van der Waals surface area contributed by atoms with E-state index in [1.165, 1.54) is 12.8 Å². The predicted octanol–water partition coefficient (Wildman–Crippen LogP) is 2.18. The number of rotatable bonds is 8. The molecule has 1 heterocycles. The maximum Gasteiger partial charge on any atom is 0.317 e. The Morgan fingerprint density at radius 2 is 2.00 bits per heavy atom. The Kier molecular flexibility index (Phi) is 5.18. The Hall–Kier alpha value is -1.82. The fourth-order valence-electron chi connectivity index (χ4n) is 3.93. The summed E-state index contributed by atoms with van der Waals surface area (Å²) in [6.45, 7) is 7.94. The molecule has 2 fully saturated rings. The number of carbonyl (C=O) groups is 2. The second kappa shape index (κ2) is 7.20. The van der Waals surface area contributed by atoms with E-state index >= 15 is 0 Å². The zero-order valence-corrected chi connectivity index (χ0v) is 15.4. The van der Waals surface area contributed by atoms with E-state index in [0.717, 1.165) is 42.9 Å².